The van der Waals surface area contributed by atoms with E-state index in [-0.39, 0.29) is 12.4 Å². The highest BCUT2D eigenvalue weighted by Gasteiger charge is 2.22. The highest BCUT2D eigenvalue weighted by atomic mass is 35.5. The van der Waals surface area contributed by atoms with Gasteiger partial charge < -0.3 is 9.64 Å². The van der Waals surface area contributed by atoms with Gasteiger partial charge in [0.1, 0.15) is 5.75 Å². The molecule has 1 aliphatic heterocycles. The number of halogens is 1. The standard InChI is InChI=1S/C20H25NO.ClH/c1-22-20-10-6-5-9-19(20)18-12-15-21(16-13-18)14-11-17-7-3-2-4-8-17;/h2-10,18H,11-16H2,1H3;1H. The van der Waals surface area contributed by atoms with Crippen LogP contribution in [-0.4, -0.2) is 31.6 Å². The normalized spacial score (nSPS) is 15.9. The third kappa shape index (κ3) is 4.73. The number of piperidine rings is 1. The summed E-state index contributed by atoms with van der Waals surface area (Å²) in [5.41, 5.74) is 2.82. The molecule has 2 aromatic rings. The van der Waals surface area contributed by atoms with Gasteiger partial charge in [-0.25, -0.2) is 0 Å². The predicted octanol–water partition coefficient (Wildman–Crippen LogP) is 4.54. The highest BCUT2D eigenvalue weighted by Crippen LogP contribution is 2.33. The third-order valence-electron chi connectivity index (χ3n) is 4.73. The summed E-state index contributed by atoms with van der Waals surface area (Å²) in [6.07, 6.45) is 3.62. The first-order valence-corrected chi connectivity index (χ1v) is 8.26. The molecule has 0 bridgehead atoms. The summed E-state index contributed by atoms with van der Waals surface area (Å²) in [4.78, 5) is 2.60. The summed E-state index contributed by atoms with van der Waals surface area (Å²) >= 11 is 0. The van der Waals surface area contributed by atoms with Gasteiger partial charge >= 0.3 is 0 Å². The fourth-order valence-corrected chi connectivity index (χ4v) is 3.40. The van der Waals surface area contributed by atoms with E-state index >= 15 is 0 Å². The van der Waals surface area contributed by atoms with E-state index in [0.29, 0.717) is 5.92 Å². The van der Waals surface area contributed by atoms with Crippen LogP contribution in [0.25, 0.3) is 0 Å². The maximum atomic E-state index is 5.52. The van der Waals surface area contributed by atoms with Gasteiger partial charge in [0, 0.05) is 6.54 Å². The molecule has 3 rings (SSSR count). The Kier molecular flexibility index (Phi) is 6.94. The molecule has 0 unspecified atom stereocenters. The number of rotatable bonds is 5. The molecule has 1 heterocycles. The van der Waals surface area contributed by atoms with Crippen molar-refractivity contribution in [3.05, 3.63) is 65.7 Å². The predicted molar refractivity (Wildman–Crippen MR) is 98.8 cm³/mol. The van der Waals surface area contributed by atoms with E-state index in [2.05, 4.69) is 59.5 Å². The van der Waals surface area contributed by atoms with Gasteiger partial charge in [0.25, 0.3) is 0 Å². The fourth-order valence-electron chi connectivity index (χ4n) is 3.40. The second kappa shape index (κ2) is 8.95. The zero-order chi connectivity index (χ0) is 15.2. The van der Waals surface area contributed by atoms with Crippen molar-refractivity contribution in [3.63, 3.8) is 0 Å². The number of hydrogen-bond donors (Lipinski definition) is 0. The van der Waals surface area contributed by atoms with Gasteiger partial charge in [-0.3, -0.25) is 0 Å². The van der Waals surface area contributed by atoms with E-state index in [1.165, 1.54) is 43.6 Å². The van der Waals surface area contributed by atoms with Crippen molar-refractivity contribution in [1.29, 1.82) is 0 Å². The molecule has 0 aromatic heterocycles. The number of para-hydroxylation sites is 1. The summed E-state index contributed by atoms with van der Waals surface area (Å²) in [6, 6.07) is 19.3. The number of ether oxygens (including phenoxy) is 1. The molecule has 0 N–H and O–H groups in total. The zero-order valence-electron chi connectivity index (χ0n) is 13.8. The average molecular weight is 332 g/mol. The van der Waals surface area contributed by atoms with Crippen molar-refractivity contribution in [3.8, 4) is 5.75 Å². The lowest BCUT2D eigenvalue weighted by Crippen LogP contribution is -2.34. The lowest BCUT2D eigenvalue weighted by molar-refractivity contribution is 0.213. The molecule has 23 heavy (non-hydrogen) atoms. The zero-order valence-corrected chi connectivity index (χ0v) is 14.6. The van der Waals surface area contributed by atoms with Crippen LogP contribution in [0.3, 0.4) is 0 Å². The largest absolute Gasteiger partial charge is 0.496 e. The molecule has 0 radical (unpaired) electrons. The molecule has 0 atom stereocenters. The SMILES string of the molecule is COc1ccccc1C1CCN(CCc2ccccc2)CC1.Cl. The van der Waals surface area contributed by atoms with Crippen molar-refractivity contribution in [1.82, 2.24) is 4.90 Å². The van der Waals surface area contributed by atoms with Crippen LogP contribution >= 0.6 is 12.4 Å². The van der Waals surface area contributed by atoms with Gasteiger partial charge in [-0.2, -0.15) is 0 Å². The molecule has 1 saturated heterocycles. The first kappa shape index (κ1) is 17.8. The average Bonchev–Trinajstić information content (AvgIpc) is 2.61. The molecule has 0 saturated carbocycles. The van der Waals surface area contributed by atoms with E-state index in [0.717, 1.165) is 12.2 Å². The topological polar surface area (TPSA) is 12.5 Å². The van der Waals surface area contributed by atoms with Gasteiger partial charge in [0.05, 0.1) is 7.11 Å². The summed E-state index contributed by atoms with van der Waals surface area (Å²) < 4.78 is 5.52. The Hall–Kier alpha value is -1.51. The molecule has 1 aliphatic rings. The Balaban J connectivity index is 0.00000192. The van der Waals surface area contributed by atoms with Gasteiger partial charge in [0.15, 0.2) is 0 Å². The van der Waals surface area contributed by atoms with Crippen LogP contribution in [0.4, 0.5) is 0 Å². The Morgan fingerprint density at radius 2 is 1.61 bits per heavy atom. The van der Waals surface area contributed by atoms with E-state index in [1.807, 2.05) is 0 Å². The Labute approximate surface area is 145 Å². The fraction of sp³-hybridized carbons (Fsp3) is 0.400. The Morgan fingerprint density at radius 3 is 2.30 bits per heavy atom. The van der Waals surface area contributed by atoms with Crippen LogP contribution in [0.1, 0.15) is 29.9 Å². The minimum atomic E-state index is 0. The van der Waals surface area contributed by atoms with Gasteiger partial charge in [-0.1, -0.05) is 48.5 Å². The van der Waals surface area contributed by atoms with Crippen LogP contribution in [0.2, 0.25) is 0 Å². The monoisotopic (exact) mass is 331 g/mol. The van der Waals surface area contributed by atoms with Crippen LogP contribution in [0, 0.1) is 0 Å². The second-order valence-electron chi connectivity index (χ2n) is 6.09. The number of benzene rings is 2. The van der Waals surface area contributed by atoms with Gasteiger partial charge in [-0.15, -0.1) is 12.4 Å². The second-order valence-corrected chi connectivity index (χ2v) is 6.09. The van der Waals surface area contributed by atoms with E-state index in [4.69, 9.17) is 4.74 Å². The molecular formula is C20H26ClNO. The van der Waals surface area contributed by atoms with Crippen molar-refractivity contribution in [2.24, 2.45) is 0 Å². The van der Waals surface area contributed by atoms with Crippen molar-refractivity contribution in [2.75, 3.05) is 26.7 Å². The third-order valence-corrected chi connectivity index (χ3v) is 4.73. The molecule has 2 aromatic carbocycles. The molecule has 1 fully saturated rings. The minimum absolute atomic E-state index is 0. The molecule has 124 valence electrons. The van der Waals surface area contributed by atoms with Crippen molar-refractivity contribution in [2.45, 2.75) is 25.2 Å². The van der Waals surface area contributed by atoms with E-state index in [1.54, 1.807) is 7.11 Å². The summed E-state index contributed by atoms with van der Waals surface area (Å²) in [7, 11) is 1.77. The minimum Gasteiger partial charge on any atom is -0.496 e. The molecule has 0 amide bonds. The van der Waals surface area contributed by atoms with Crippen LogP contribution in [-0.2, 0) is 6.42 Å². The molecule has 0 spiro atoms. The lowest BCUT2D eigenvalue weighted by Gasteiger charge is -2.32. The molecule has 0 aliphatic carbocycles. The number of methoxy groups -OCH3 is 1. The first-order valence-electron chi connectivity index (χ1n) is 8.26. The van der Waals surface area contributed by atoms with Crippen LogP contribution in [0.5, 0.6) is 5.75 Å². The van der Waals surface area contributed by atoms with Crippen molar-refractivity contribution < 1.29 is 4.74 Å². The molecule has 3 heteroatoms. The van der Waals surface area contributed by atoms with Crippen LogP contribution in [0.15, 0.2) is 54.6 Å². The van der Waals surface area contributed by atoms with E-state index < -0.39 is 0 Å². The number of likely N-dealkylation sites (tertiary alicyclic amines) is 1. The maximum absolute atomic E-state index is 5.52. The Morgan fingerprint density at radius 1 is 0.957 bits per heavy atom. The van der Waals surface area contributed by atoms with Crippen molar-refractivity contribution >= 4 is 12.4 Å². The first-order chi connectivity index (χ1) is 10.9. The maximum Gasteiger partial charge on any atom is 0.122 e. The quantitative estimate of drug-likeness (QED) is 0.797. The number of nitrogens with zero attached hydrogens (tertiary/aromatic N) is 1. The van der Waals surface area contributed by atoms with Gasteiger partial charge in [-0.05, 0) is 55.5 Å². The summed E-state index contributed by atoms with van der Waals surface area (Å²) in [5.74, 6) is 1.69. The molecule has 2 nitrogen and oxygen atoms in total. The van der Waals surface area contributed by atoms with Gasteiger partial charge in [0.2, 0.25) is 0 Å². The van der Waals surface area contributed by atoms with Crippen LogP contribution < -0.4 is 4.74 Å². The molecular weight excluding hydrogens is 306 g/mol. The smallest absolute Gasteiger partial charge is 0.122 e. The Bertz CT molecular complexity index is 579. The summed E-state index contributed by atoms with van der Waals surface area (Å²) in [5, 5.41) is 0. The van der Waals surface area contributed by atoms with E-state index in [9.17, 15) is 0 Å². The summed E-state index contributed by atoms with van der Waals surface area (Å²) in [6.45, 7) is 3.55. The number of hydrogen-bond acceptors (Lipinski definition) is 2. The lowest BCUT2D eigenvalue weighted by atomic mass is 9.88. The highest BCUT2D eigenvalue weighted by molar-refractivity contribution is 5.85.